The van der Waals surface area contributed by atoms with Gasteiger partial charge in [-0.1, -0.05) is 82.2 Å². The normalized spacial score (nSPS) is 35.1. The first kappa shape index (κ1) is 21.2. The molecule has 4 rings (SSSR count). The van der Waals surface area contributed by atoms with Crippen LogP contribution in [0, 0.1) is 29.6 Å². The Morgan fingerprint density at radius 3 is 2.21 bits per heavy atom. The van der Waals surface area contributed by atoms with Crippen LogP contribution in [0.2, 0.25) is 0 Å². The van der Waals surface area contributed by atoms with Gasteiger partial charge in [-0.05, 0) is 91.6 Å². The molecular formula is C29H44. The van der Waals surface area contributed by atoms with Crippen LogP contribution in [0.1, 0.15) is 107 Å². The maximum atomic E-state index is 3.85. The largest absolute Gasteiger partial charge is 0.103 e. The molecule has 0 aromatic heterocycles. The van der Waals surface area contributed by atoms with E-state index in [1.54, 1.807) is 12.0 Å². The van der Waals surface area contributed by atoms with Crippen LogP contribution >= 0.6 is 0 Å². The lowest BCUT2D eigenvalue weighted by Crippen LogP contribution is -2.30. The van der Waals surface area contributed by atoms with Crippen LogP contribution in [0.25, 0.3) is 0 Å². The monoisotopic (exact) mass is 392 g/mol. The fourth-order valence-electron chi connectivity index (χ4n) is 6.87. The number of rotatable bonds is 7. The average molecular weight is 393 g/mol. The Hall–Kier alpha value is -1.04. The molecule has 0 amide bonds. The molecule has 0 saturated heterocycles. The molecule has 0 nitrogen and oxygen atoms in total. The van der Waals surface area contributed by atoms with Gasteiger partial charge in [-0.15, -0.1) is 6.58 Å². The highest BCUT2D eigenvalue weighted by Crippen LogP contribution is 2.48. The number of hydrogen-bond donors (Lipinski definition) is 0. The van der Waals surface area contributed by atoms with Crippen molar-refractivity contribution in [1.29, 1.82) is 0 Å². The maximum absolute atomic E-state index is 3.85. The van der Waals surface area contributed by atoms with E-state index in [0.29, 0.717) is 0 Å². The van der Waals surface area contributed by atoms with Crippen molar-refractivity contribution < 1.29 is 0 Å². The molecule has 3 saturated carbocycles. The highest BCUT2D eigenvalue weighted by molar-refractivity contribution is 5.26. The lowest BCUT2D eigenvalue weighted by Gasteiger charge is -2.42. The van der Waals surface area contributed by atoms with Gasteiger partial charge in [0.1, 0.15) is 0 Å². The summed E-state index contributed by atoms with van der Waals surface area (Å²) in [5.41, 5.74) is 3.08. The molecular weight excluding hydrogens is 348 g/mol. The summed E-state index contributed by atoms with van der Waals surface area (Å²) in [5, 5.41) is 0. The van der Waals surface area contributed by atoms with Crippen molar-refractivity contribution in [2.45, 2.75) is 103 Å². The number of allylic oxidation sites excluding steroid dienone is 1. The van der Waals surface area contributed by atoms with E-state index in [-0.39, 0.29) is 0 Å². The molecule has 3 aliphatic carbocycles. The summed E-state index contributed by atoms with van der Waals surface area (Å²) in [6, 6.07) is 9.60. The second kappa shape index (κ2) is 10.3. The summed E-state index contributed by atoms with van der Waals surface area (Å²) in [4.78, 5) is 0. The Balaban J connectivity index is 1.22. The van der Waals surface area contributed by atoms with Gasteiger partial charge < -0.3 is 0 Å². The molecule has 4 unspecified atom stereocenters. The quantitative estimate of drug-likeness (QED) is 0.407. The van der Waals surface area contributed by atoms with Crippen LogP contribution in [-0.2, 0) is 6.42 Å². The third-order valence-electron chi connectivity index (χ3n) is 8.93. The molecule has 0 aliphatic heterocycles. The number of fused-ring (bicyclic) bond motifs is 1. The first-order valence-corrected chi connectivity index (χ1v) is 12.9. The summed E-state index contributed by atoms with van der Waals surface area (Å²) in [6.07, 6.45) is 22.4. The molecule has 1 aromatic rings. The molecule has 4 atom stereocenters. The molecule has 0 radical (unpaired) electrons. The Bertz CT molecular complexity index is 618. The molecule has 0 heterocycles. The van der Waals surface area contributed by atoms with E-state index in [9.17, 15) is 0 Å². The van der Waals surface area contributed by atoms with Crippen LogP contribution < -0.4 is 0 Å². The molecule has 29 heavy (non-hydrogen) atoms. The van der Waals surface area contributed by atoms with Crippen molar-refractivity contribution in [3.8, 4) is 0 Å². The lowest BCUT2D eigenvalue weighted by atomic mass is 9.63. The standard InChI is InChI=1S/C29H44/c1-3-4-5-23-12-15-26(16-13-23)28-19-18-27-20-25(14-17-29(27)21-28)11-10-24-8-6-22(2)7-9-24/h3,12-13,15-16,22,24-25,27-29H,1,4-11,14,17-21H2,2H3. The van der Waals surface area contributed by atoms with Crippen LogP contribution in [0.3, 0.4) is 0 Å². The molecule has 1 aromatic carbocycles. The molecule has 0 spiro atoms. The zero-order valence-electron chi connectivity index (χ0n) is 19.0. The van der Waals surface area contributed by atoms with Gasteiger partial charge in [-0.25, -0.2) is 0 Å². The minimum atomic E-state index is 0.825. The van der Waals surface area contributed by atoms with Crippen LogP contribution in [0.5, 0.6) is 0 Å². The molecule has 0 bridgehead atoms. The summed E-state index contributed by atoms with van der Waals surface area (Å²) in [5.74, 6) is 6.00. The van der Waals surface area contributed by atoms with Crippen molar-refractivity contribution in [1.82, 2.24) is 0 Å². The smallest absolute Gasteiger partial charge is 0.0159 e. The molecule has 0 heteroatoms. The first-order valence-electron chi connectivity index (χ1n) is 12.9. The van der Waals surface area contributed by atoms with Crippen LogP contribution in [-0.4, -0.2) is 0 Å². The van der Waals surface area contributed by atoms with Gasteiger partial charge in [0, 0.05) is 0 Å². The van der Waals surface area contributed by atoms with Gasteiger partial charge in [0.25, 0.3) is 0 Å². The van der Waals surface area contributed by atoms with E-state index in [4.69, 9.17) is 0 Å². The van der Waals surface area contributed by atoms with Gasteiger partial charge >= 0.3 is 0 Å². The predicted molar refractivity (Wildman–Crippen MR) is 126 cm³/mol. The van der Waals surface area contributed by atoms with E-state index in [2.05, 4.69) is 37.8 Å². The van der Waals surface area contributed by atoms with Crippen LogP contribution in [0.15, 0.2) is 36.9 Å². The van der Waals surface area contributed by atoms with Gasteiger partial charge in [0.15, 0.2) is 0 Å². The third-order valence-corrected chi connectivity index (χ3v) is 8.93. The van der Waals surface area contributed by atoms with Crippen LogP contribution in [0.4, 0.5) is 0 Å². The van der Waals surface area contributed by atoms with E-state index in [0.717, 1.165) is 48.3 Å². The Labute approximate surface area is 180 Å². The zero-order chi connectivity index (χ0) is 20.1. The van der Waals surface area contributed by atoms with E-state index < -0.39 is 0 Å². The predicted octanol–water partition coefficient (Wildman–Crippen LogP) is 8.71. The zero-order valence-corrected chi connectivity index (χ0v) is 19.0. The second-order valence-electron chi connectivity index (χ2n) is 11.0. The van der Waals surface area contributed by atoms with Gasteiger partial charge in [0.2, 0.25) is 0 Å². The SMILES string of the molecule is C=CCCc1ccc(C2CCC3CC(CCC4CCC(C)CC4)CCC3C2)cc1. The van der Waals surface area contributed by atoms with Crippen molar-refractivity contribution in [3.05, 3.63) is 48.0 Å². The lowest BCUT2D eigenvalue weighted by molar-refractivity contribution is 0.109. The van der Waals surface area contributed by atoms with E-state index in [1.807, 2.05) is 6.08 Å². The number of aryl methyl sites for hydroxylation is 1. The fourth-order valence-corrected chi connectivity index (χ4v) is 6.87. The highest BCUT2D eigenvalue weighted by atomic mass is 14.4. The van der Waals surface area contributed by atoms with Crippen molar-refractivity contribution in [3.63, 3.8) is 0 Å². The summed E-state index contributed by atoms with van der Waals surface area (Å²) >= 11 is 0. The Kier molecular flexibility index (Phi) is 7.54. The van der Waals surface area contributed by atoms with E-state index >= 15 is 0 Å². The fraction of sp³-hybridized carbons (Fsp3) is 0.724. The number of hydrogen-bond acceptors (Lipinski definition) is 0. The molecule has 160 valence electrons. The maximum Gasteiger partial charge on any atom is -0.0159 e. The third kappa shape index (κ3) is 5.77. The minimum Gasteiger partial charge on any atom is -0.103 e. The van der Waals surface area contributed by atoms with Crippen molar-refractivity contribution >= 4 is 0 Å². The summed E-state index contributed by atoms with van der Waals surface area (Å²) in [7, 11) is 0. The summed E-state index contributed by atoms with van der Waals surface area (Å²) in [6.45, 7) is 6.30. The first-order chi connectivity index (χ1) is 14.2. The molecule has 3 aliphatic rings. The van der Waals surface area contributed by atoms with Crippen molar-refractivity contribution in [2.75, 3.05) is 0 Å². The topological polar surface area (TPSA) is 0 Å². The van der Waals surface area contributed by atoms with Gasteiger partial charge in [-0.3, -0.25) is 0 Å². The molecule has 3 fully saturated rings. The van der Waals surface area contributed by atoms with Crippen molar-refractivity contribution in [2.24, 2.45) is 29.6 Å². The highest BCUT2D eigenvalue weighted by Gasteiger charge is 2.36. The summed E-state index contributed by atoms with van der Waals surface area (Å²) < 4.78 is 0. The Morgan fingerprint density at radius 1 is 0.793 bits per heavy atom. The second-order valence-corrected chi connectivity index (χ2v) is 11.0. The Morgan fingerprint density at radius 2 is 1.45 bits per heavy atom. The number of benzene rings is 1. The van der Waals surface area contributed by atoms with Gasteiger partial charge in [0.05, 0.1) is 0 Å². The van der Waals surface area contributed by atoms with E-state index in [1.165, 1.54) is 76.2 Å². The van der Waals surface area contributed by atoms with Gasteiger partial charge in [-0.2, -0.15) is 0 Å². The average Bonchev–Trinajstić information content (AvgIpc) is 2.77. The minimum absolute atomic E-state index is 0.825. The molecule has 0 N–H and O–H groups in total.